The highest BCUT2D eigenvalue weighted by Crippen LogP contribution is 2.31. The normalized spacial score (nSPS) is 11.4. The van der Waals surface area contributed by atoms with Crippen molar-refractivity contribution >= 4 is 21.8 Å². The van der Waals surface area contributed by atoms with E-state index in [4.69, 9.17) is 4.74 Å². The zero-order valence-electron chi connectivity index (χ0n) is 15.4. The van der Waals surface area contributed by atoms with Crippen LogP contribution in [-0.2, 0) is 6.54 Å². The van der Waals surface area contributed by atoms with Crippen LogP contribution in [0.1, 0.15) is 18.2 Å². The first-order valence-corrected chi connectivity index (χ1v) is 8.72. The molecule has 0 spiro atoms. The van der Waals surface area contributed by atoms with Crippen molar-refractivity contribution in [2.75, 3.05) is 7.11 Å². The molecule has 0 saturated carbocycles. The van der Waals surface area contributed by atoms with Gasteiger partial charge >= 0.3 is 0 Å². The molecule has 0 radical (unpaired) electrons. The van der Waals surface area contributed by atoms with Gasteiger partial charge in [0.05, 0.1) is 18.5 Å². The molecule has 0 N–H and O–H groups in total. The lowest BCUT2D eigenvalue weighted by Gasteiger charge is -2.10. The highest BCUT2D eigenvalue weighted by molar-refractivity contribution is 6.09. The monoisotopic (exact) mass is 347 g/mol. The number of aromatic nitrogens is 3. The second-order valence-corrected chi connectivity index (χ2v) is 6.44. The minimum absolute atomic E-state index is 0.100. The molecule has 0 aliphatic rings. The molecule has 0 fully saturated rings. The molecular weight excluding hydrogens is 326 g/mol. The van der Waals surface area contributed by atoms with Crippen molar-refractivity contribution in [1.29, 1.82) is 0 Å². The Morgan fingerprint density at radius 1 is 1.12 bits per heavy atom. The van der Waals surface area contributed by atoms with E-state index in [9.17, 15) is 4.79 Å². The number of ether oxygens (including phenoxy) is 1. The number of aryl methyl sites for hydroxylation is 3. The number of benzene rings is 2. The van der Waals surface area contributed by atoms with Crippen molar-refractivity contribution in [2.45, 2.75) is 27.3 Å². The van der Waals surface area contributed by atoms with Crippen molar-refractivity contribution in [3.8, 4) is 11.4 Å². The predicted octanol–water partition coefficient (Wildman–Crippen LogP) is 3.99. The summed E-state index contributed by atoms with van der Waals surface area (Å²) in [5.74, 6) is 0.773. The second-order valence-electron chi connectivity index (χ2n) is 6.44. The van der Waals surface area contributed by atoms with Gasteiger partial charge in [0.2, 0.25) is 0 Å². The Bertz CT molecular complexity index is 1200. The zero-order chi connectivity index (χ0) is 18.4. The molecule has 0 aliphatic heterocycles. The second kappa shape index (κ2) is 6.02. The summed E-state index contributed by atoms with van der Waals surface area (Å²) < 4.78 is 8.97. The SMILES string of the molecule is CCn1c2ccc(OC)cc2c2c(C)nn(-c3ccccc3C)c(=O)c21. The van der Waals surface area contributed by atoms with Crippen LogP contribution < -0.4 is 10.3 Å². The molecule has 0 bridgehead atoms. The standard InChI is InChI=1S/C21H21N3O2/c1-5-23-18-11-10-15(26-4)12-16(18)19-14(3)22-24(21(25)20(19)23)17-9-7-6-8-13(17)2/h6-12H,5H2,1-4H3. The summed E-state index contributed by atoms with van der Waals surface area (Å²) in [6, 6.07) is 13.7. The Morgan fingerprint density at radius 3 is 2.58 bits per heavy atom. The number of para-hydroxylation sites is 1. The molecule has 5 heteroatoms. The molecule has 4 rings (SSSR count). The summed E-state index contributed by atoms with van der Waals surface area (Å²) in [5, 5.41) is 6.53. The van der Waals surface area contributed by atoms with Crippen molar-refractivity contribution in [2.24, 2.45) is 0 Å². The number of rotatable bonds is 3. The van der Waals surface area contributed by atoms with Crippen LogP contribution >= 0.6 is 0 Å². The van der Waals surface area contributed by atoms with Gasteiger partial charge < -0.3 is 9.30 Å². The Labute approximate surface area is 151 Å². The lowest BCUT2D eigenvalue weighted by molar-refractivity contribution is 0.415. The van der Waals surface area contributed by atoms with Gasteiger partial charge in [-0.2, -0.15) is 9.78 Å². The van der Waals surface area contributed by atoms with E-state index >= 15 is 0 Å². The van der Waals surface area contributed by atoms with E-state index in [-0.39, 0.29) is 5.56 Å². The number of fused-ring (bicyclic) bond motifs is 3. The maximum Gasteiger partial charge on any atom is 0.296 e. The van der Waals surface area contributed by atoms with Crippen molar-refractivity contribution in [1.82, 2.24) is 14.3 Å². The maximum absolute atomic E-state index is 13.4. The average molecular weight is 347 g/mol. The topological polar surface area (TPSA) is 49.0 Å². The Kier molecular flexibility index (Phi) is 3.80. The van der Waals surface area contributed by atoms with Crippen LogP contribution in [0.25, 0.3) is 27.5 Å². The average Bonchev–Trinajstić information content (AvgIpc) is 2.99. The van der Waals surface area contributed by atoms with E-state index < -0.39 is 0 Å². The molecule has 2 heterocycles. The third kappa shape index (κ3) is 2.24. The molecule has 4 aromatic rings. The number of nitrogens with zero attached hydrogens (tertiary/aromatic N) is 3. The Balaban J connectivity index is 2.19. The smallest absolute Gasteiger partial charge is 0.296 e. The highest BCUT2D eigenvalue weighted by atomic mass is 16.5. The van der Waals surface area contributed by atoms with E-state index in [1.807, 2.05) is 56.3 Å². The first-order chi connectivity index (χ1) is 12.6. The van der Waals surface area contributed by atoms with E-state index in [1.165, 1.54) is 4.68 Å². The fraction of sp³-hybridized carbons (Fsp3) is 0.238. The summed E-state index contributed by atoms with van der Waals surface area (Å²) >= 11 is 0. The van der Waals surface area contributed by atoms with E-state index in [1.54, 1.807) is 7.11 Å². The molecule has 0 aliphatic carbocycles. The van der Waals surface area contributed by atoms with Gasteiger partial charge in [0.15, 0.2) is 0 Å². The van der Waals surface area contributed by atoms with Crippen molar-refractivity contribution in [3.63, 3.8) is 0 Å². The minimum Gasteiger partial charge on any atom is -0.497 e. The third-order valence-electron chi connectivity index (χ3n) is 4.94. The van der Waals surface area contributed by atoms with Gasteiger partial charge in [-0.15, -0.1) is 0 Å². The first kappa shape index (κ1) is 16.4. The van der Waals surface area contributed by atoms with Gasteiger partial charge in [0, 0.05) is 22.8 Å². The largest absolute Gasteiger partial charge is 0.497 e. The fourth-order valence-electron chi connectivity index (χ4n) is 3.69. The van der Waals surface area contributed by atoms with Crippen LogP contribution in [0.3, 0.4) is 0 Å². The summed E-state index contributed by atoms with van der Waals surface area (Å²) in [6.45, 7) is 6.70. The molecule has 2 aromatic carbocycles. The van der Waals surface area contributed by atoms with Crippen molar-refractivity contribution in [3.05, 3.63) is 64.1 Å². The molecule has 5 nitrogen and oxygen atoms in total. The van der Waals surface area contributed by atoms with Gasteiger partial charge in [-0.1, -0.05) is 18.2 Å². The van der Waals surface area contributed by atoms with Crippen LogP contribution in [0.4, 0.5) is 0 Å². The maximum atomic E-state index is 13.4. The van der Waals surface area contributed by atoms with Gasteiger partial charge in [0.1, 0.15) is 11.3 Å². The molecule has 0 saturated heterocycles. The van der Waals surface area contributed by atoms with Crippen LogP contribution in [0.2, 0.25) is 0 Å². The van der Waals surface area contributed by atoms with E-state index in [2.05, 4.69) is 16.6 Å². The quantitative estimate of drug-likeness (QED) is 0.563. The lowest BCUT2D eigenvalue weighted by Crippen LogP contribution is -2.24. The third-order valence-corrected chi connectivity index (χ3v) is 4.94. The summed E-state index contributed by atoms with van der Waals surface area (Å²) in [6.07, 6.45) is 0. The minimum atomic E-state index is -0.100. The molecular formula is C21H21N3O2. The van der Waals surface area contributed by atoms with Crippen LogP contribution in [-0.4, -0.2) is 21.5 Å². The number of hydrogen-bond donors (Lipinski definition) is 0. The van der Waals surface area contributed by atoms with Gasteiger partial charge in [-0.25, -0.2) is 0 Å². The number of methoxy groups -OCH3 is 1. The molecule has 26 heavy (non-hydrogen) atoms. The van der Waals surface area contributed by atoms with Crippen molar-refractivity contribution < 1.29 is 4.74 Å². The van der Waals surface area contributed by atoms with E-state index in [0.29, 0.717) is 12.1 Å². The van der Waals surface area contributed by atoms with Crippen LogP contribution in [0.15, 0.2) is 47.3 Å². The highest BCUT2D eigenvalue weighted by Gasteiger charge is 2.19. The fourth-order valence-corrected chi connectivity index (χ4v) is 3.69. The Hall–Kier alpha value is -3.08. The molecule has 132 valence electrons. The van der Waals surface area contributed by atoms with Crippen LogP contribution in [0, 0.1) is 13.8 Å². The first-order valence-electron chi connectivity index (χ1n) is 8.72. The van der Waals surface area contributed by atoms with E-state index in [0.717, 1.165) is 39.0 Å². The van der Waals surface area contributed by atoms with Gasteiger partial charge in [0.25, 0.3) is 5.56 Å². The van der Waals surface area contributed by atoms with Gasteiger partial charge in [-0.05, 0) is 50.6 Å². The molecule has 0 atom stereocenters. The molecule has 0 unspecified atom stereocenters. The summed E-state index contributed by atoms with van der Waals surface area (Å²) in [7, 11) is 1.65. The number of hydrogen-bond acceptors (Lipinski definition) is 3. The predicted molar refractivity (Wildman–Crippen MR) is 105 cm³/mol. The van der Waals surface area contributed by atoms with Gasteiger partial charge in [-0.3, -0.25) is 4.79 Å². The molecule has 2 aromatic heterocycles. The Morgan fingerprint density at radius 2 is 1.88 bits per heavy atom. The zero-order valence-corrected chi connectivity index (χ0v) is 15.4. The lowest BCUT2D eigenvalue weighted by atomic mass is 10.1. The summed E-state index contributed by atoms with van der Waals surface area (Å²) in [5.41, 5.74) is 4.26. The summed E-state index contributed by atoms with van der Waals surface area (Å²) in [4.78, 5) is 13.4. The molecule has 0 amide bonds. The van der Waals surface area contributed by atoms with Crippen LogP contribution in [0.5, 0.6) is 5.75 Å².